The van der Waals surface area contributed by atoms with Crippen LogP contribution in [-0.2, 0) is 5.54 Å². The molecule has 1 saturated carbocycles. The van der Waals surface area contributed by atoms with E-state index in [-0.39, 0.29) is 11.6 Å². The van der Waals surface area contributed by atoms with E-state index >= 15 is 0 Å². The molecule has 0 radical (unpaired) electrons. The number of nitrogens with one attached hydrogen (secondary N) is 2. The molecule has 1 fully saturated rings. The average Bonchev–Trinajstić information content (AvgIpc) is 2.94. The fourth-order valence-electron chi connectivity index (χ4n) is 3.06. The van der Waals surface area contributed by atoms with Gasteiger partial charge in [-0.15, -0.1) is 0 Å². The van der Waals surface area contributed by atoms with Gasteiger partial charge in [0.25, 0.3) is 0 Å². The molecule has 0 saturated heterocycles. The standard InChI is InChI=1S/C17H26N2O/c1-2-3-9-14-18-16(20)19-17(12-7-8-13-17)15-10-5-4-6-11-15/h4-6,10-11H,2-3,7-9,12-14H2,1H3,(H2,18,19,20). The van der Waals surface area contributed by atoms with Crippen LogP contribution in [0.1, 0.15) is 57.4 Å². The Hall–Kier alpha value is -1.51. The van der Waals surface area contributed by atoms with Crippen LogP contribution in [0.25, 0.3) is 0 Å². The van der Waals surface area contributed by atoms with Gasteiger partial charge in [0.1, 0.15) is 0 Å². The molecule has 1 aliphatic carbocycles. The summed E-state index contributed by atoms with van der Waals surface area (Å²) in [6.45, 7) is 2.94. The second-order valence-electron chi connectivity index (χ2n) is 5.74. The van der Waals surface area contributed by atoms with Gasteiger partial charge in [0.15, 0.2) is 0 Å². The highest BCUT2D eigenvalue weighted by atomic mass is 16.2. The summed E-state index contributed by atoms with van der Waals surface area (Å²) in [7, 11) is 0. The highest BCUT2D eigenvalue weighted by Gasteiger charge is 2.36. The topological polar surface area (TPSA) is 41.1 Å². The lowest BCUT2D eigenvalue weighted by Gasteiger charge is -2.31. The van der Waals surface area contributed by atoms with E-state index in [4.69, 9.17) is 0 Å². The van der Waals surface area contributed by atoms with E-state index in [2.05, 4.69) is 41.8 Å². The van der Waals surface area contributed by atoms with E-state index in [1.165, 1.54) is 31.2 Å². The maximum atomic E-state index is 12.1. The van der Waals surface area contributed by atoms with Crippen molar-refractivity contribution in [3.63, 3.8) is 0 Å². The van der Waals surface area contributed by atoms with Crippen LogP contribution in [0, 0.1) is 0 Å². The molecule has 1 aromatic rings. The van der Waals surface area contributed by atoms with Crippen molar-refractivity contribution >= 4 is 6.03 Å². The monoisotopic (exact) mass is 274 g/mol. The number of unbranched alkanes of at least 4 members (excludes halogenated alkanes) is 2. The van der Waals surface area contributed by atoms with Crippen LogP contribution in [0.4, 0.5) is 4.79 Å². The van der Waals surface area contributed by atoms with Crippen molar-refractivity contribution in [1.29, 1.82) is 0 Å². The van der Waals surface area contributed by atoms with Gasteiger partial charge in [0, 0.05) is 6.54 Å². The molecule has 0 spiro atoms. The Labute approximate surface area is 122 Å². The number of urea groups is 1. The van der Waals surface area contributed by atoms with Gasteiger partial charge in [-0.25, -0.2) is 4.79 Å². The molecule has 2 rings (SSSR count). The molecular weight excluding hydrogens is 248 g/mol. The molecule has 1 aliphatic rings. The lowest BCUT2D eigenvalue weighted by Crippen LogP contribution is -2.48. The van der Waals surface area contributed by atoms with E-state index in [0.717, 1.165) is 25.8 Å². The van der Waals surface area contributed by atoms with E-state index in [0.29, 0.717) is 0 Å². The molecule has 0 atom stereocenters. The summed E-state index contributed by atoms with van der Waals surface area (Å²) >= 11 is 0. The Morgan fingerprint density at radius 2 is 1.85 bits per heavy atom. The minimum atomic E-state index is -0.157. The Balaban J connectivity index is 1.94. The highest BCUT2D eigenvalue weighted by molar-refractivity contribution is 5.75. The lowest BCUT2D eigenvalue weighted by molar-refractivity contribution is 0.224. The summed E-state index contributed by atoms with van der Waals surface area (Å²) in [6, 6.07) is 10.4. The minimum absolute atomic E-state index is 0.0214. The molecule has 20 heavy (non-hydrogen) atoms. The number of rotatable bonds is 6. The summed E-state index contributed by atoms with van der Waals surface area (Å²) in [5.74, 6) is 0. The molecular formula is C17H26N2O. The van der Waals surface area contributed by atoms with E-state index in [1.807, 2.05) is 6.07 Å². The third-order valence-corrected chi connectivity index (χ3v) is 4.20. The predicted octanol–water partition coefficient (Wildman–Crippen LogP) is 3.95. The van der Waals surface area contributed by atoms with Gasteiger partial charge in [-0.2, -0.15) is 0 Å². The first-order chi connectivity index (χ1) is 9.77. The molecule has 0 bridgehead atoms. The van der Waals surface area contributed by atoms with Crippen LogP contribution in [0.2, 0.25) is 0 Å². The van der Waals surface area contributed by atoms with Crippen molar-refractivity contribution in [2.45, 2.75) is 57.4 Å². The van der Waals surface area contributed by atoms with Crippen molar-refractivity contribution in [2.24, 2.45) is 0 Å². The first-order valence-corrected chi connectivity index (χ1v) is 7.88. The zero-order valence-electron chi connectivity index (χ0n) is 12.5. The quantitative estimate of drug-likeness (QED) is 0.758. The van der Waals surface area contributed by atoms with Gasteiger partial charge in [0.05, 0.1) is 5.54 Å². The zero-order valence-corrected chi connectivity index (χ0v) is 12.5. The molecule has 2 N–H and O–H groups in total. The Morgan fingerprint density at radius 1 is 1.15 bits per heavy atom. The van der Waals surface area contributed by atoms with Crippen LogP contribution in [0.15, 0.2) is 30.3 Å². The molecule has 0 aliphatic heterocycles. The molecule has 3 heteroatoms. The number of hydrogen-bond donors (Lipinski definition) is 2. The van der Waals surface area contributed by atoms with Crippen molar-refractivity contribution in [3.05, 3.63) is 35.9 Å². The van der Waals surface area contributed by atoms with Crippen LogP contribution in [-0.4, -0.2) is 12.6 Å². The molecule has 3 nitrogen and oxygen atoms in total. The van der Waals surface area contributed by atoms with Crippen molar-refractivity contribution in [1.82, 2.24) is 10.6 Å². The van der Waals surface area contributed by atoms with Gasteiger partial charge >= 0.3 is 6.03 Å². The molecule has 0 heterocycles. The van der Waals surface area contributed by atoms with Crippen LogP contribution >= 0.6 is 0 Å². The van der Waals surface area contributed by atoms with Crippen molar-refractivity contribution in [2.75, 3.05) is 6.54 Å². The molecule has 0 aromatic heterocycles. The zero-order chi connectivity index (χ0) is 14.3. The van der Waals surface area contributed by atoms with E-state index in [1.54, 1.807) is 0 Å². The third-order valence-electron chi connectivity index (χ3n) is 4.20. The smallest absolute Gasteiger partial charge is 0.315 e. The van der Waals surface area contributed by atoms with Gasteiger partial charge in [-0.3, -0.25) is 0 Å². The summed E-state index contributed by atoms with van der Waals surface area (Å²) < 4.78 is 0. The first kappa shape index (κ1) is 14.9. The van der Waals surface area contributed by atoms with Crippen molar-refractivity contribution < 1.29 is 4.79 Å². The van der Waals surface area contributed by atoms with Crippen LogP contribution in [0.3, 0.4) is 0 Å². The number of amides is 2. The summed E-state index contributed by atoms with van der Waals surface area (Å²) in [4.78, 5) is 12.1. The second kappa shape index (κ2) is 7.32. The van der Waals surface area contributed by atoms with Gasteiger partial charge in [0.2, 0.25) is 0 Å². The maximum Gasteiger partial charge on any atom is 0.315 e. The largest absolute Gasteiger partial charge is 0.338 e. The fourth-order valence-corrected chi connectivity index (χ4v) is 3.06. The van der Waals surface area contributed by atoms with Crippen LogP contribution < -0.4 is 10.6 Å². The predicted molar refractivity (Wildman–Crippen MR) is 82.6 cm³/mol. The Kier molecular flexibility index (Phi) is 5.45. The molecule has 110 valence electrons. The number of carbonyl (C=O) groups excluding carboxylic acids is 1. The molecule has 1 aromatic carbocycles. The highest BCUT2D eigenvalue weighted by Crippen LogP contribution is 2.38. The average molecular weight is 274 g/mol. The normalized spacial score (nSPS) is 16.9. The van der Waals surface area contributed by atoms with Gasteiger partial charge in [-0.1, -0.05) is 62.9 Å². The van der Waals surface area contributed by atoms with Crippen LogP contribution in [0.5, 0.6) is 0 Å². The van der Waals surface area contributed by atoms with Gasteiger partial charge < -0.3 is 10.6 Å². The van der Waals surface area contributed by atoms with Gasteiger partial charge in [-0.05, 0) is 24.8 Å². The SMILES string of the molecule is CCCCCNC(=O)NC1(c2ccccc2)CCCC1. The van der Waals surface area contributed by atoms with E-state index < -0.39 is 0 Å². The number of carbonyl (C=O) groups is 1. The summed E-state index contributed by atoms with van der Waals surface area (Å²) in [5.41, 5.74) is 1.08. The summed E-state index contributed by atoms with van der Waals surface area (Å²) in [5, 5.41) is 6.22. The molecule has 0 unspecified atom stereocenters. The number of hydrogen-bond acceptors (Lipinski definition) is 1. The Bertz CT molecular complexity index is 410. The Morgan fingerprint density at radius 3 is 2.50 bits per heavy atom. The lowest BCUT2D eigenvalue weighted by atomic mass is 9.88. The summed E-state index contributed by atoms with van der Waals surface area (Å²) in [6.07, 6.45) is 7.86. The first-order valence-electron chi connectivity index (χ1n) is 7.88. The number of benzene rings is 1. The molecule has 2 amide bonds. The minimum Gasteiger partial charge on any atom is -0.338 e. The van der Waals surface area contributed by atoms with Crippen molar-refractivity contribution in [3.8, 4) is 0 Å². The third kappa shape index (κ3) is 3.75. The maximum absolute atomic E-state index is 12.1. The fraction of sp³-hybridized carbons (Fsp3) is 0.588. The van der Waals surface area contributed by atoms with E-state index in [9.17, 15) is 4.79 Å². The second-order valence-corrected chi connectivity index (χ2v) is 5.74.